The Hall–Kier alpha value is -1.42. The van der Waals surface area contributed by atoms with Crippen molar-refractivity contribution in [2.24, 2.45) is 0 Å². The first-order valence-corrected chi connectivity index (χ1v) is 7.56. The summed E-state index contributed by atoms with van der Waals surface area (Å²) in [6, 6.07) is 4.19. The normalized spacial score (nSPS) is 22.0. The van der Waals surface area contributed by atoms with Crippen molar-refractivity contribution in [2.45, 2.75) is 51.2 Å². The summed E-state index contributed by atoms with van der Waals surface area (Å²) in [5.41, 5.74) is 0.199. The number of halogens is 1. The number of Topliss-reactive ketones (excluding diaryl/α,β-unsaturated/α-hetero) is 1. The number of carbonyl (C=O) groups excluding carboxylic acids is 1. The van der Waals surface area contributed by atoms with E-state index >= 15 is 0 Å². The SMILES string of the molecule is CC(C)(C)N1CCC2(CC1)CC(=O)c1ccc(F)cc1O2. The standard InChI is InChI=1S/C17H22FNO2/c1-16(2,3)19-8-6-17(7-9-19)11-14(20)13-5-4-12(18)10-15(13)21-17/h4-5,10H,6-9,11H2,1-3H3. The molecule has 0 radical (unpaired) electrons. The largest absolute Gasteiger partial charge is 0.486 e. The van der Waals surface area contributed by atoms with Gasteiger partial charge in [-0.15, -0.1) is 0 Å². The Morgan fingerprint density at radius 3 is 2.52 bits per heavy atom. The van der Waals surface area contributed by atoms with Gasteiger partial charge in [-0.2, -0.15) is 0 Å². The maximum atomic E-state index is 13.4. The molecule has 0 aromatic heterocycles. The van der Waals surface area contributed by atoms with Crippen molar-refractivity contribution >= 4 is 5.78 Å². The highest BCUT2D eigenvalue weighted by Gasteiger charge is 2.44. The van der Waals surface area contributed by atoms with Gasteiger partial charge in [0.25, 0.3) is 0 Å². The fourth-order valence-electron chi connectivity index (χ4n) is 3.33. The summed E-state index contributed by atoms with van der Waals surface area (Å²) in [7, 11) is 0. The third-order valence-corrected chi connectivity index (χ3v) is 4.68. The van der Waals surface area contributed by atoms with Gasteiger partial charge in [0.2, 0.25) is 0 Å². The molecule has 0 aliphatic carbocycles. The van der Waals surface area contributed by atoms with Gasteiger partial charge in [-0.05, 0) is 32.9 Å². The van der Waals surface area contributed by atoms with Crippen LogP contribution in [0.1, 0.15) is 50.4 Å². The number of likely N-dealkylation sites (tertiary alicyclic amines) is 1. The Morgan fingerprint density at radius 1 is 1.24 bits per heavy atom. The lowest BCUT2D eigenvalue weighted by Crippen LogP contribution is -2.55. The van der Waals surface area contributed by atoms with Gasteiger partial charge in [-0.1, -0.05) is 0 Å². The van der Waals surface area contributed by atoms with Crippen LogP contribution >= 0.6 is 0 Å². The quantitative estimate of drug-likeness (QED) is 0.733. The molecule has 2 aliphatic heterocycles. The molecule has 2 aliphatic rings. The van der Waals surface area contributed by atoms with E-state index in [9.17, 15) is 9.18 Å². The second kappa shape index (κ2) is 4.80. The fraction of sp³-hybridized carbons (Fsp3) is 0.588. The van der Waals surface area contributed by atoms with E-state index in [4.69, 9.17) is 4.74 Å². The van der Waals surface area contributed by atoms with Crippen molar-refractivity contribution in [3.8, 4) is 5.75 Å². The molecular weight excluding hydrogens is 269 g/mol. The third kappa shape index (κ3) is 2.69. The molecule has 0 bridgehead atoms. The lowest BCUT2D eigenvalue weighted by Gasteiger charge is -2.47. The Morgan fingerprint density at radius 2 is 1.90 bits per heavy atom. The number of carbonyl (C=O) groups is 1. The summed E-state index contributed by atoms with van der Waals surface area (Å²) in [5.74, 6) is 0.127. The molecule has 0 N–H and O–H groups in total. The van der Waals surface area contributed by atoms with Crippen LogP contribution in [0.25, 0.3) is 0 Å². The zero-order chi connectivity index (χ0) is 15.3. The molecule has 1 fully saturated rings. The molecule has 21 heavy (non-hydrogen) atoms. The molecule has 114 valence electrons. The molecule has 1 aromatic rings. The zero-order valence-corrected chi connectivity index (χ0v) is 12.9. The molecular formula is C17H22FNO2. The topological polar surface area (TPSA) is 29.5 Å². The average Bonchev–Trinajstić information content (AvgIpc) is 2.37. The number of hydrogen-bond acceptors (Lipinski definition) is 3. The van der Waals surface area contributed by atoms with Gasteiger partial charge in [0.1, 0.15) is 17.2 Å². The molecule has 0 amide bonds. The summed E-state index contributed by atoms with van der Waals surface area (Å²) in [6.45, 7) is 8.40. The van der Waals surface area contributed by atoms with Crippen molar-refractivity contribution in [3.05, 3.63) is 29.6 Å². The first-order valence-electron chi connectivity index (χ1n) is 7.56. The van der Waals surface area contributed by atoms with Crippen LogP contribution in [0.4, 0.5) is 4.39 Å². The van der Waals surface area contributed by atoms with E-state index in [1.807, 2.05) is 0 Å². The maximum Gasteiger partial charge on any atom is 0.170 e. The minimum atomic E-state index is -0.445. The van der Waals surface area contributed by atoms with Gasteiger partial charge in [0, 0.05) is 37.5 Å². The van der Waals surface area contributed by atoms with Crippen LogP contribution in [0.15, 0.2) is 18.2 Å². The molecule has 0 unspecified atom stereocenters. The van der Waals surface area contributed by atoms with Gasteiger partial charge in [0.15, 0.2) is 5.78 Å². The van der Waals surface area contributed by atoms with Crippen molar-refractivity contribution in [2.75, 3.05) is 13.1 Å². The Kier molecular flexibility index (Phi) is 3.32. The van der Waals surface area contributed by atoms with Crippen LogP contribution in [0.3, 0.4) is 0 Å². The smallest absolute Gasteiger partial charge is 0.170 e. The van der Waals surface area contributed by atoms with Crippen LogP contribution in [0, 0.1) is 5.82 Å². The summed E-state index contributed by atoms with van der Waals surface area (Å²) >= 11 is 0. The van der Waals surface area contributed by atoms with Crippen molar-refractivity contribution in [1.82, 2.24) is 4.90 Å². The molecule has 0 saturated carbocycles. The summed E-state index contributed by atoms with van der Waals surface area (Å²) < 4.78 is 19.5. The van der Waals surface area contributed by atoms with E-state index in [1.165, 1.54) is 18.2 Å². The highest BCUT2D eigenvalue weighted by atomic mass is 19.1. The molecule has 1 spiro atoms. The lowest BCUT2D eigenvalue weighted by atomic mass is 9.81. The van der Waals surface area contributed by atoms with Crippen molar-refractivity contribution in [1.29, 1.82) is 0 Å². The second-order valence-corrected chi connectivity index (χ2v) is 7.18. The number of hydrogen-bond donors (Lipinski definition) is 0. The summed E-state index contributed by atoms with van der Waals surface area (Å²) in [5, 5.41) is 0. The molecule has 3 nitrogen and oxygen atoms in total. The van der Waals surface area contributed by atoms with Gasteiger partial charge in [-0.3, -0.25) is 9.69 Å². The maximum absolute atomic E-state index is 13.4. The van der Waals surface area contributed by atoms with E-state index in [2.05, 4.69) is 25.7 Å². The van der Waals surface area contributed by atoms with Crippen LogP contribution in [-0.4, -0.2) is 34.9 Å². The Bertz CT molecular complexity index is 569. The van der Waals surface area contributed by atoms with Crippen LogP contribution in [0.5, 0.6) is 5.75 Å². The predicted molar refractivity (Wildman–Crippen MR) is 79.3 cm³/mol. The third-order valence-electron chi connectivity index (χ3n) is 4.68. The van der Waals surface area contributed by atoms with E-state index in [0.29, 0.717) is 17.7 Å². The number of nitrogens with zero attached hydrogens (tertiary/aromatic N) is 1. The van der Waals surface area contributed by atoms with Gasteiger partial charge >= 0.3 is 0 Å². The molecule has 3 rings (SSSR count). The van der Waals surface area contributed by atoms with Crippen LogP contribution < -0.4 is 4.74 Å². The first-order chi connectivity index (χ1) is 9.79. The van der Waals surface area contributed by atoms with Gasteiger partial charge < -0.3 is 4.74 Å². The van der Waals surface area contributed by atoms with Crippen LogP contribution in [0.2, 0.25) is 0 Å². The summed E-state index contributed by atoms with van der Waals surface area (Å²) in [4.78, 5) is 14.7. The highest BCUT2D eigenvalue weighted by molar-refractivity contribution is 6.00. The number of piperidine rings is 1. The monoisotopic (exact) mass is 291 g/mol. The number of ether oxygens (including phenoxy) is 1. The highest BCUT2D eigenvalue weighted by Crippen LogP contribution is 2.40. The van der Waals surface area contributed by atoms with E-state index in [1.54, 1.807) is 0 Å². The Labute approximate surface area is 125 Å². The number of benzene rings is 1. The minimum absolute atomic E-state index is 0.0699. The summed E-state index contributed by atoms with van der Waals surface area (Å²) in [6.07, 6.45) is 2.03. The van der Waals surface area contributed by atoms with E-state index < -0.39 is 5.60 Å². The number of fused-ring (bicyclic) bond motifs is 1. The molecule has 1 saturated heterocycles. The molecule has 2 heterocycles. The van der Waals surface area contributed by atoms with Crippen molar-refractivity contribution in [3.63, 3.8) is 0 Å². The van der Waals surface area contributed by atoms with Crippen LogP contribution in [-0.2, 0) is 0 Å². The van der Waals surface area contributed by atoms with Crippen molar-refractivity contribution < 1.29 is 13.9 Å². The second-order valence-electron chi connectivity index (χ2n) is 7.18. The first kappa shape index (κ1) is 14.5. The molecule has 0 atom stereocenters. The average molecular weight is 291 g/mol. The number of ketones is 1. The molecule has 1 aromatic carbocycles. The minimum Gasteiger partial charge on any atom is -0.486 e. The predicted octanol–water partition coefficient (Wildman–Crippen LogP) is 3.42. The zero-order valence-electron chi connectivity index (χ0n) is 12.9. The molecule has 4 heteroatoms. The van der Waals surface area contributed by atoms with Gasteiger partial charge in [-0.25, -0.2) is 4.39 Å². The van der Waals surface area contributed by atoms with E-state index in [-0.39, 0.29) is 17.1 Å². The van der Waals surface area contributed by atoms with Gasteiger partial charge in [0.05, 0.1) is 12.0 Å². The van der Waals surface area contributed by atoms with E-state index in [0.717, 1.165) is 25.9 Å². The lowest BCUT2D eigenvalue weighted by molar-refractivity contribution is -0.0296. The number of rotatable bonds is 0. The Balaban J connectivity index is 1.82. The fourth-order valence-corrected chi connectivity index (χ4v) is 3.33.